The SMILES string of the molecule is COC(=O)N1C[C@@H](c2ccc(OC)c(Oc3ccc(F)cc3)c2)[C@](C)([C@@H](C)O)C1. The second-order valence-electron chi connectivity index (χ2n) is 7.55. The molecule has 6 nitrogen and oxygen atoms in total. The Hall–Kier alpha value is -2.80. The summed E-state index contributed by atoms with van der Waals surface area (Å²) < 4.78 is 29.4. The molecule has 0 spiro atoms. The third kappa shape index (κ3) is 4.15. The van der Waals surface area contributed by atoms with E-state index in [9.17, 15) is 14.3 Å². The predicted octanol–water partition coefficient (Wildman–Crippen LogP) is 4.18. The normalized spacial score (nSPS) is 22.3. The van der Waals surface area contributed by atoms with Crippen molar-refractivity contribution in [2.45, 2.75) is 25.9 Å². The van der Waals surface area contributed by atoms with Crippen molar-refractivity contribution in [2.75, 3.05) is 27.3 Å². The number of nitrogens with zero attached hydrogens (tertiary/aromatic N) is 1. The van der Waals surface area contributed by atoms with Crippen LogP contribution in [0.2, 0.25) is 0 Å². The summed E-state index contributed by atoms with van der Waals surface area (Å²) in [6, 6.07) is 11.3. The average Bonchev–Trinajstić information content (AvgIpc) is 3.08. The zero-order valence-corrected chi connectivity index (χ0v) is 17.0. The lowest BCUT2D eigenvalue weighted by Crippen LogP contribution is -2.38. The number of methoxy groups -OCH3 is 2. The molecule has 0 aromatic heterocycles. The summed E-state index contributed by atoms with van der Waals surface area (Å²) in [6.45, 7) is 4.47. The van der Waals surface area contributed by atoms with Gasteiger partial charge in [0.15, 0.2) is 11.5 Å². The summed E-state index contributed by atoms with van der Waals surface area (Å²) in [5.41, 5.74) is 0.341. The lowest BCUT2D eigenvalue weighted by Gasteiger charge is -2.33. The summed E-state index contributed by atoms with van der Waals surface area (Å²) >= 11 is 0. The van der Waals surface area contributed by atoms with Crippen molar-refractivity contribution < 1.29 is 28.5 Å². The molecule has 3 rings (SSSR count). The van der Waals surface area contributed by atoms with Crippen molar-refractivity contribution in [3.8, 4) is 17.2 Å². The third-order valence-corrected chi connectivity index (χ3v) is 5.75. The van der Waals surface area contributed by atoms with E-state index in [-0.39, 0.29) is 11.7 Å². The van der Waals surface area contributed by atoms with Crippen LogP contribution >= 0.6 is 0 Å². The fourth-order valence-corrected chi connectivity index (χ4v) is 3.81. The molecule has 0 saturated carbocycles. The van der Waals surface area contributed by atoms with E-state index in [0.717, 1.165) is 5.56 Å². The van der Waals surface area contributed by atoms with Crippen LogP contribution in [0.25, 0.3) is 0 Å². The maximum atomic E-state index is 13.2. The molecule has 1 N–H and O–H groups in total. The molecule has 1 heterocycles. The number of carbonyl (C=O) groups excluding carboxylic acids is 1. The molecule has 1 aliphatic rings. The summed E-state index contributed by atoms with van der Waals surface area (Å²) in [6.07, 6.45) is -1.07. The maximum Gasteiger partial charge on any atom is 0.409 e. The van der Waals surface area contributed by atoms with Gasteiger partial charge in [-0.25, -0.2) is 9.18 Å². The molecule has 0 radical (unpaired) electrons. The topological polar surface area (TPSA) is 68.2 Å². The van der Waals surface area contributed by atoms with E-state index < -0.39 is 17.6 Å². The van der Waals surface area contributed by atoms with Crippen molar-refractivity contribution in [1.29, 1.82) is 0 Å². The minimum absolute atomic E-state index is 0.136. The first-order valence-electron chi connectivity index (χ1n) is 9.40. The van der Waals surface area contributed by atoms with Gasteiger partial charge in [-0.05, 0) is 48.9 Å². The molecule has 3 atom stereocenters. The van der Waals surface area contributed by atoms with E-state index in [1.807, 2.05) is 19.1 Å². The lowest BCUT2D eigenvalue weighted by atomic mass is 9.72. The average molecular weight is 403 g/mol. The van der Waals surface area contributed by atoms with Gasteiger partial charge in [-0.1, -0.05) is 13.0 Å². The van der Waals surface area contributed by atoms with E-state index in [1.165, 1.54) is 31.4 Å². The molecule has 2 aromatic carbocycles. The number of aliphatic hydroxyl groups is 1. The van der Waals surface area contributed by atoms with Crippen LogP contribution < -0.4 is 9.47 Å². The Kier molecular flexibility index (Phi) is 5.98. The van der Waals surface area contributed by atoms with Crippen molar-refractivity contribution in [1.82, 2.24) is 4.90 Å². The number of ether oxygens (including phenoxy) is 3. The van der Waals surface area contributed by atoms with Gasteiger partial charge in [0.25, 0.3) is 0 Å². The van der Waals surface area contributed by atoms with Crippen molar-refractivity contribution >= 4 is 6.09 Å². The van der Waals surface area contributed by atoms with Crippen LogP contribution in [0.5, 0.6) is 17.2 Å². The Morgan fingerprint density at radius 3 is 2.48 bits per heavy atom. The number of rotatable bonds is 5. The first-order valence-corrected chi connectivity index (χ1v) is 9.40. The van der Waals surface area contributed by atoms with Gasteiger partial charge in [0.05, 0.1) is 20.3 Å². The smallest absolute Gasteiger partial charge is 0.409 e. The van der Waals surface area contributed by atoms with Crippen molar-refractivity contribution in [2.24, 2.45) is 5.41 Å². The number of aliphatic hydroxyl groups excluding tert-OH is 1. The predicted molar refractivity (Wildman–Crippen MR) is 106 cm³/mol. The quantitative estimate of drug-likeness (QED) is 0.811. The molecule has 1 saturated heterocycles. The largest absolute Gasteiger partial charge is 0.493 e. The molecule has 0 aliphatic carbocycles. The highest BCUT2D eigenvalue weighted by molar-refractivity contribution is 5.68. The standard InChI is InChI=1S/C22H26FNO5/c1-14(25)22(2)13-24(21(26)28-4)12-18(22)15-5-10-19(27-3)20(11-15)29-17-8-6-16(23)7-9-17/h5-11,14,18,25H,12-13H2,1-4H3/t14-,18+,22+/m1/s1. The monoisotopic (exact) mass is 403 g/mol. The Morgan fingerprint density at radius 2 is 1.90 bits per heavy atom. The first kappa shape index (κ1) is 20.9. The second-order valence-corrected chi connectivity index (χ2v) is 7.55. The molecule has 7 heteroatoms. The summed E-state index contributed by atoms with van der Waals surface area (Å²) in [5.74, 6) is 0.992. The minimum Gasteiger partial charge on any atom is -0.493 e. The molecule has 29 heavy (non-hydrogen) atoms. The van der Waals surface area contributed by atoms with E-state index in [0.29, 0.717) is 30.3 Å². The Bertz CT molecular complexity index is 870. The van der Waals surface area contributed by atoms with Gasteiger partial charge in [0.2, 0.25) is 0 Å². The first-order chi connectivity index (χ1) is 13.8. The van der Waals surface area contributed by atoms with Crippen molar-refractivity contribution in [3.05, 3.63) is 53.8 Å². The van der Waals surface area contributed by atoms with Gasteiger partial charge in [-0.15, -0.1) is 0 Å². The minimum atomic E-state index is -0.647. The van der Waals surface area contributed by atoms with Crippen LogP contribution in [0.4, 0.5) is 9.18 Å². The second kappa shape index (κ2) is 8.29. The number of carbonyl (C=O) groups is 1. The lowest BCUT2D eigenvalue weighted by molar-refractivity contribution is 0.0470. The molecular formula is C22H26FNO5. The van der Waals surface area contributed by atoms with Gasteiger partial charge in [0, 0.05) is 24.4 Å². The molecular weight excluding hydrogens is 377 g/mol. The van der Waals surface area contributed by atoms with Gasteiger partial charge in [-0.2, -0.15) is 0 Å². The van der Waals surface area contributed by atoms with Crippen LogP contribution in [0.15, 0.2) is 42.5 Å². The Labute approximate surface area is 169 Å². The van der Waals surface area contributed by atoms with Gasteiger partial charge in [-0.3, -0.25) is 0 Å². The van der Waals surface area contributed by atoms with E-state index >= 15 is 0 Å². The number of amides is 1. The molecule has 1 amide bonds. The van der Waals surface area contributed by atoms with E-state index in [4.69, 9.17) is 14.2 Å². The number of hydrogen-bond acceptors (Lipinski definition) is 5. The molecule has 1 aliphatic heterocycles. The maximum absolute atomic E-state index is 13.2. The summed E-state index contributed by atoms with van der Waals surface area (Å²) in [4.78, 5) is 13.7. The number of likely N-dealkylation sites (tertiary alicyclic amines) is 1. The Balaban J connectivity index is 1.96. The highest BCUT2D eigenvalue weighted by Gasteiger charge is 2.48. The van der Waals surface area contributed by atoms with Crippen LogP contribution in [-0.4, -0.2) is 49.5 Å². The van der Waals surface area contributed by atoms with Crippen LogP contribution in [0, 0.1) is 11.2 Å². The zero-order valence-electron chi connectivity index (χ0n) is 17.0. The Morgan fingerprint density at radius 1 is 1.21 bits per heavy atom. The van der Waals surface area contributed by atoms with Gasteiger partial charge < -0.3 is 24.2 Å². The third-order valence-electron chi connectivity index (χ3n) is 5.75. The summed E-state index contributed by atoms with van der Waals surface area (Å²) in [5, 5.41) is 10.5. The zero-order chi connectivity index (χ0) is 21.2. The van der Waals surface area contributed by atoms with Crippen molar-refractivity contribution in [3.63, 3.8) is 0 Å². The molecule has 1 fully saturated rings. The highest BCUT2D eigenvalue weighted by Crippen LogP contribution is 2.47. The van der Waals surface area contributed by atoms with Gasteiger partial charge in [0.1, 0.15) is 11.6 Å². The number of hydrogen-bond donors (Lipinski definition) is 1. The number of benzene rings is 2. The van der Waals surface area contributed by atoms with E-state index in [2.05, 4.69) is 0 Å². The number of halogens is 1. The van der Waals surface area contributed by atoms with Crippen LogP contribution in [0.1, 0.15) is 25.3 Å². The fourth-order valence-electron chi connectivity index (χ4n) is 3.81. The molecule has 156 valence electrons. The van der Waals surface area contributed by atoms with Crippen LogP contribution in [0.3, 0.4) is 0 Å². The molecule has 2 aromatic rings. The highest BCUT2D eigenvalue weighted by atomic mass is 19.1. The molecule has 0 bridgehead atoms. The van der Waals surface area contributed by atoms with Crippen LogP contribution in [-0.2, 0) is 4.74 Å². The molecule has 0 unspecified atom stereocenters. The fraction of sp³-hybridized carbons (Fsp3) is 0.409. The van der Waals surface area contributed by atoms with E-state index in [1.54, 1.807) is 25.0 Å². The van der Waals surface area contributed by atoms with Gasteiger partial charge >= 0.3 is 6.09 Å². The summed E-state index contributed by atoms with van der Waals surface area (Å²) in [7, 11) is 2.89.